The van der Waals surface area contributed by atoms with Crippen molar-refractivity contribution in [3.8, 4) is 0 Å². The van der Waals surface area contributed by atoms with Crippen LogP contribution in [-0.4, -0.2) is 10.4 Å². The smallest absolute Gasteiger partial charge is 0.182 e. The highest BCUT2D eigenvalue weighted by Crippen LogP contribution is 2.18. The molecular weight excluding hydrogens is 246 g/mol. The summed E-state index contributed by atoms with van der Waals surface area (Å²) in [6.07, 6.45) is 1.99. The molecule has 0 unspecified atom stereocenters. The van der Waals surface area contributed by atoms with Gasteiger partial charge in [0.05, 0.1) is 6.54 Å². The number of Topliss-reactive ketones (excluding diaryl/α,β-unsaturated/α-hetero) is 1. The lowest BCUT2D eigenvalue weighted by molar-refractivity contribution is 0.0973. The lowest BCUT2D eigenvalue weighted by Gasteiger charge is -2.07. The van der Waals surface area contributed by atoms with Crippen LogP contribution in [0.3, 0.4) is 0 Å². The number of aromatic nitrogens is 1. The zero-order chi connectivity index (χ0) is 14.1. The van der Waals surface area contributed by atoms with Crippen LogP contribution in [0.25, 0.3) is 10.9 Å². The van der Waals surface area contributed by atoms with Gasteiger partial charge in [-0.3, -0.25) is 4.79 Å². The number of carbonyl (C=O) groups excluding carboxylic acids is 1. The van der Waals surface area contributed by atoms with Crippen LogP contribution < -0.4 is 0 Å². The zero-order valence-corrected chi connectivity index (χ0v) is 11.8. The summed E-state index contributed by atoms with van der Waals surface area (Å²) in [6, 6.07) is 16.1. The average Bonchev–Trinajstić information content (AvgIpc) is 2.82. The summed E-state index contributed by atoms with van der Waals surface area (Å²) < 4.78 is 2.02. The van der Waals surface area contributed by atoms with E-state index in [0.717, 1.165) is 16.6 Å². The second-order valence-electron chi connectivity index (χ2n) is 5.24. The average molecular weight is 263 g/mol. The van der Waals surface area contributed by atoms with Crippen molar-refractivity contribution in [3.05, 3.63) is 71.4 Å². The maximum absolute atomic E-state index is 12.4. The van der Waals surface area contributed by atoms with Gasteiger partial charge >= 0.3 is 0 Å². The van der Waals surface area contributed by atoms with Crippen LogP contribution in [0, 0.1) is 13.8 Å². The molecule has 2 aromatic carbocycles. The number of nitrogens with zero attached hydrogens (tertiary/aromatic N) is 1. The molecule has 0 saturated carbocycles. The maximum atomic E-state index is 12.4. The van der Waals surface area contributed by atoms with Gasteiger partial charge in [0, 0.05) is 17.3 Å². The Morgan fingerprint density at radius 2 is 1.85 bits per heavy atom. The standard InChI is InChI=1S/C18H17NO/c1-13-7-8-15-9-10-19(17(15)11-13)12-18(20)16-6-4-3-5-14(16)2/h3-11H,12H2,1-2H3. The number of hydrogen-bond donors (Lipinski definition) is 0. The summed E-state index contributed by atoms with van der Waals surface area (Å²) in [5, 5.41) is 1.17. The van der Waals surface area contributed by atoms with Gasteiger partial charge in [-0.05, 0) is 42.5 Å². The number of carbonyl (C=O) groups is 1. The molecule has 1 aromatic heterocycles. The van der Waals surface area contributed by atoms with Crippen molar-refractivity contribution in [3.63, 3.8) is 0 Å². The Hall–Kier alpha value is -2.35. The minimum atomic E-state index is 0.155. The fraction of sp³-hybridized carbons (Fsp3) is 0.167. The van der Waals surface area contributed by atoms with Crippen molar-refractivity contribution in [2.24, 2.45) is 0 Å². The Balaban J connectivity index is 1.96. The lowest BCUT2D eigenvalue weighted by Crippen LogP contribution is -2.10. The van der Waals surface area contributed by atoms with E-state index >= 15 is 0 Å². The first-order valence-corrected chi connectivity index (χ1v) is 6.79. The van der Waals surface area contributed by atoms with Crippen molar-refractivity contribution in [1.29, 1.82) is 0 Å². The van der Waals surface area contributed by atoms with Crippen LogP contribution in [0.5, 0.6) is 0 Å². The highest BCUT2D eigenvalue weighted by atomic mass is 16.1. The predicted molar refractivity (Wildman–Crippen MR) is 82.2 cm³/mol. The van der Waals surface area contributed by atoms with Gasteiger partial charge in [-0.2, -0.15) is 0 Å². The molecule has 0 amide bonds. The Kier molecular flexibility index (Phi) is 3.15. The first-order chi connectivity index (χ1) is 9.65. The van der Waals surface area contributed by atoms with Gasteiger partial charge in [0.2, 0.25) is 0 Å². The van der Waals surface area contributed by atoms with Gasteiger partial charge in [-0.1, -0.05) is 36.4 Å². The van der Waals surface area contributed by atoms with E-state index in [1.165, 1.54) is 10.9 Å². The van der Waals surface area contributed by atoms with Gasteiger partial charge < -0.3 is 4.57 Å². The number of ketones is 1. The Morgan fingerprint density at radius 1 is 1.05 bits per heavy atom. The highest BCUT2D eigenvalue weighted by Gasteiger charge is 2.10. The molecule has 2 heteroatoms. The van der Waals surface area contributed by atoms with E-state index in [9.17, 15) is 4.79 Å². The molecule has 0 fully saturated rings. The second-order valence-corrected chi connectivity index (χ2v) is 5.24. The minimum absolute atomic E-state index is 0.155. The summed E-state index contributed by atoms with van der Waals surface area (Å²) in [5.74, 6) is 0.155. The van der Waals surface area contributed by atoms with Gasteiger partial charge in [0.25, 0.3) is 0 Å². The molecule has 0 aliphatic carbocycles. The molecule has 0 bridgehead atoms. The molecule has 0 aliphatic heterocycles. The van der Waals surface area contributed by atoms with Crippen LogP contribution in [-0.2, 0) is 6.54 Å². The molecule has 2 nitrogen and oxygen atoms in total. The molecule has 100 valence electrons. The molecule has 20 heavy (non-hydrogen) atoms. The summed E-state index contributed by atoms with van der Waals surface area (Å²) in [5.41, 5.74) is 4.17. The number of fused-ring (bicyclic) bond motifs is 1. The summed E-state index contributed by atoms with van der Waals surface area (Å²) >= 11 is 0. The highest BCUT2D eigenvalue weighted by molar-refractivity contribution is 5.98. The second kappa shape index (κ2) is 4.97. The Morgan fingerprint density at radius 3 is 2.65 bits per heavy atom. The largest absolute Gasteiger partial charge is 0.340 e. The van der Waals surface area contributed by atoms with E-state index in [4.69, 9.17) is 0 Å². The molecule has 0 radical (unpaired) electrons. The molecule has 0 saturated heterocycles. The fourth-order valence-electron chi connectivity index (χ4n) is 2.56. The van der Waals surface area contributed by atoms with Crippen molar-refractivity contribution in [1.82, 2.24) is 4.57 Å². The molecule has 0 atom stereocenters. The van der Waals surface area contributed by atoms with Crippen molar-refractivity contribution >= 4 is 16.7 Å². The van der Waals surface area contributed by atoms with Crippen molar-refractivity contribution in [2.75, 3.05) is 0 Å². The van der Waals surface area contributed by atoms with E-state index in [1.54, 1.807) is 0 Å². The molecule has 3 rings (SSSR count). The summed E-state index contributed by atoms with van der Waals surface area (Å²) in [7, 11) is 0. The predicted octanol–water partition coefficient (Wildman–Crippen LogP) is 4.14. The third kappa shape index (κ3) is 2.25. The Bertz CT molecular complexity index is 783. The number of rotatable bonds is 3. The molecule has 3 aromatic rings. The molecule has 0 aliphatic rings. The van der Waals surface area contributed by atoms with E-state index in [2.05, 4.69) is 31.2 Å². The normalized spacial score (nSPS) is 10.9. The summed E-state index contributed by atoms with van der Waals surface area (Å²) in [4.78, 5) is 12.4. The van der Waals surface area contributed by atoms with Gasteiger partial charge in [0.1, 0.15) is 0 Å². The zero-order valence-electron chi connectivity index (χ0n) is 11.8. The number of aryl methyl sites for hydroxylation is 2. The van der Waals surface area contributed by atoms with E-state index in [-0.39, 0.29) is 5.78 Å². The van der Waals surface area contributed by atoms with E-state index < -0.39 is 0 Å². The van der Waals surface area contributed by atoms with Crippen LogP contribution >= 0.6 is 0 Å². The molecular formula is C18H17NO. The van der Waals surface area contributed by atoms with Crippen LogP contribution in [0.4, 0.5) is 0 Å². The molecule has 0 spiro atoms. The van der Waals surface area contributed by atoms with Crippen molar-refractivity contribution < 1.29 is 4.79 Å². The lowest BCUT2D eigenvalue weighted by atomic mass is 10.0. The SMILES string of the molecule is Cc1ccc2ccn(CC(=O)c3ccccc3C)c2c1. The quantitative estimate of drug-likeness (QED) is 0.651. The minimum Gasteiger partial charge on any atom is -0.340 e. The van der Waals surface area contributed by atoms with Crippen molar-refractivity contribution in [2.45, 2.75) is 20.4 Å². The first kappa shape index (κ1) is 12.7. The third-order valence-corrected chi connectivity index (χ3v) is 3.69. The van der Waals surface area contributed by atoms with E-state index in [1.807, 2.05) is 42.0 Å². The monoisotopic (exact) mass is 263 g/mol. The summed E-state index contributed by atoms with van der Waals surface area (Å²) in [6.45, 7) is 4.43. The molecule has 1 heterocycles. The first-order valence-electron chi connectivity index (χ1n) is 6.79. The molecule has 0 N–H and O–H groups in total. The maximum Gasteiger partial charge on any atom is 0.182 e. The van der Waals surface area contributed by atoms with Crippen LogP contribution in [0.1, 0.15) is 21.5 Å². The third-order valence-electron chi connectivity index (χ3n) is 3.69. The number of hydrogen-bond acceptors (Lipinski definition) is 1. The van der Waals surface area contributed by atoms with E-state index in [0.29, 0.717) is 6.54 Å². The topological polar surface area (TPSA) is 22.0 Å². The van der Waals surface area contributed by atoms with Gasteiger partial charge in [-0.15, -0.1) is 0 Å². The Labute approximate surface area is 118 Å². The fourth-order valence-corrected chi connectivity index (χ4v) is 2.56. The van der Waals surface area contributed by atoms with Gasteiger partial charge in [-0.25, -0.2) is 0 Å². The van der Waals surface area contributed by atoms with Crippen LogP contribution in [0.2, 0.25) is 0 Å². The van der Waals surface area contributed by atoms with Crippen LogP contribution in [0.15, 0.2) is 54.7 Å². The van der Waals surface area contributed by atoms with Gasteiger partial charge in [0.15, 0.2) is 5.78 Å². The number of benzene rings is 2.